The van der Waals surface area contributed by atoms with Crippen LogP contribution >= 0.6 is 0 Å². The number of rotatable bonds is 5. The van der Waals surface area contributed by atoms with Gasteiger partial charge >= 0.3 is 0 Å². The molecule has 0 unspecified atom stereocenters. The summed E-state index contributed by atoms with van der Waals surface area (Å²) in [6.45, 7) is 5.32. The summed E-state index contributed by atoms with van der Waals surface area (Å²) in [5.74, 6) is 1.05. The molecule has 6 nitrogen and oxygen atoms in total. The van der Waals surface area contributed by atoms with Crippen LogP contribution in [0.3, 0.4) is 0 Å². The van der Waals surface area contributed by atoms with Crippen LogP contribution in [0.25, 0.3) is 0 Å². The molecule has 7 heteroatoms. The molecule has 1 N–H and O–H groups in total. The van der Waals surface area contributed by atoms with Gasteiger partial charge in [0.25, 0.3) is 0 Å². The molecule has 0 atom stereocenters. The average molecular weight is 230 g/mol. The van der Waals surface area contributed by atoms with Crippen molar-refractivity contribution in [3.05, 3.63) is 24.3 Å². The van der Waals surface area contributed by atoms with Gasteiger partial charge in [-0.25, -0.2) is 13.4 Å². The van der Waals surface area contributed by atoms with Gasteiger partial charge in [0.1, 0.15) is 5.82 Å². The molecule has 0 aliphatic rings. The smallest absolute Gasteiger partial charge is 0.217 e. The number of aromatic nitrogens is 3. The highest BCUT2D eigenvalue weighted by molar-refractivity contribution is 7.89. The van der Waals surface area contributed by atoms with Crippen LogP contribution in [0.15, 0.2) is 12.7 Å². The predicted octanol–water partition coefficient (Wildman–Crippen LogP) is 0.0607. The van der Waals surface area contributed by atoms with Crippen molar-refractivity contribution in [1.82, 2.24) is 19.5 Å². The van der Waals surface area contributed by atoms with Crippen LogP contribution in [0, 0.1) is 6.92 Å². The lowest BCUT2D eigenvalue weighted by atomic mass is 10.6. The Kier molecular flexibility index (Phi) is 3.59. The van der Waals surface area contributed by atoms with Crippen molar-refractivity contribution in [3.63, 3.8) is 0 Å². The predicted molar refractivity (Wildman–Crippen MR) is 56.6 cm³/mol. The van der Waals surface area contributed by atoms with Crippen molar-refractivity contribution in [2.24, 2.45) is 0 Å². The van der Waals surface area contributed by atoms with Gasteiger partial charge in [-0.3, -0.25) is 5.10 Å². The van der Waals surface area contributed by atoms with Crippen LogP contribution in [-0.4, -0.2) is 40.7 Å². The molecule has 1 heterocycles. The molecule has 0 saturated carbocycles. The topological polar surface area (TPSA) is 79.0 Å². The summed E-state index contributed by atoms with van der Waals surface area (Å²) in [6, 6.07) is 0. The Labute approximate surface area is 89.1 Å². The Balaban J connectivity index is 2.71. The Morgan fingerprint density at radius 3 is 2.73 bits per heavy atom. The number of nitrogens with zero attached hydrogens (tertiary/aromatic N) is 3. The van der Waals surface area contributed by atoms with E-state index in [1.165, 1.54) is 17.4 Å². The summed E-state index contributed by atoms with van der Waals surface area (Å²) in [5, 5.41) is 6.52. The maximum absolute atomic E-state index is 11.5. The van der Waals surface area contributed by atoms with E-state index in [9.17, 15) is 8.42 Å². The standard InChI is InChI=1S/C8H14N4O2S/c1-4-5-15(13,14)12(3)6-8-9-7(2)10-11-8/h4H,1,5-6H2,2-3H3,(H,9,10,11). The third-order valence-corrected chi connectivity index (χ3v) is 3.55. The molecule has 0 spiro atoms. The van der Waals surface area contributed by atoms with Gasteiger partial charge in [-0.15, -0.1) is 6.58 Å². The molecular weight excluding hydrogens is 216 g/mol. The SMILES string of the molecule is C=CCS(=O)(=O)N(C)Cc1n[nH]c(C)n1. The van der Waals surface area contributed by atoms with Gasteiger partial charge < -0.3 is 0 Å². The minimum Gasteiger partial charge on any atom is -0.263 e. The third-order valence-electron chi connectivity index (χ3n) is 1.81. The van der Waals surface area contributed by atoms with Gasteiger partial charge in [0.15, 0.2) is 5.82 Å². The van der Waals surface area contributed by atoms with Crippen LogP contribution in [0.2, 0.25) is 0 Å². The van der Waals surface area contributed by atoms with Crippen LogP contribution in [-0.2, 0) is 16.6 Å². The van der Waals surface area contributed by atoms with Crippen LogP contribution < -0.4 is 0 Å². The second kappa shape index (κ2) is 4.54. The molecule has 1 aromatic rings. The van der Waals surface area contributed by atoms with Crippen molar-refractivity contribution >= 4 is 10.0 Å². The fraction of sp³-hybridized carbons (Fsp3) is 0.500. The van der Waals surface area contributed by atoms with Crippen molar-refractivity contribution in [2.45, 2.75) is 13.5 Å². The number of aromatic amines is 1. The van der Waals surface area contributed by atoms with Crippen molar-refractivity contribution in [3.8, 4) is 0 Å². The van der Waals surface area contributed by atoms with E-state index in [-0.39, 0.29) is 12.3 Å². The van der Waals surface area contributed by atoms with Gasteiger partial charge in [0.05, 0.1) is 12.3 Å². The zero-order chi connectivity index (χ0) is 11.5. The second-order valence-electron chi connectivity index (χ2n) is 3.16. The molecule has 0 amide bonds. The number of H-pyrrole nitrogens is 1. The summed E-state index contributed by atoms with van der Waals surface area (Å²) in [4.78, 5) is 4.03. The summed E-state index contributed by atoms with van der Waals surface area (Å²) >= 11 is 0. The van der Waals surface area contributed by atoms with Crippen LogP contribution in [0.4, 0.5) is 0 Å². The summed E-state index contributed by atoms with van der Waals surface area (Å²) in [7, 11) is -1.79. The van der Waals surface area contributed by atoms with Gasteiger partial charge in [0.2, 0.25) is 10.0 Å². The first-order valence-electron chi connectivity index (χ1n) is 4.38. The summed E-state index contributed by atoms with van der Waals surface area (Å²) < 4.78 is 24.3. The normalized spacial score (nSPS) is 11.9. The first-order valence-corrected chi connectivity index (χ1v) is 5.99. The highest BCUT2D eigenvalue weighted by Crippen LogP contribution is 2.03. The van der Waals surface area contributed by atoms with Crippen molar-refractivity contribution in [2.75, 3.05) is 12.8 Å². The van der Waals surface area contributed by atoms with E-state index in [1.807, 2.05) is 0 Å². The lowest BCUT2D eigenvalue weighted by Crippen LogP contribution is -2.28. The number of nitrogens with one attached hydrogen (secondary N) is 1. The summed E-state index contributed by atoms with van der Waals surface area (Å²) in [6.07, 6.45) is 1.36. The average Bonchev–Trinajstić information content (AvgIpc) is 2.51. The van der Waals surface area contributed by atoms with Crippen LogP contribution in [0.5, 0.6) is 0 Å². The lowest BCUT2D eigenvalue weighted by Gasteiger charge is -2.13. The molecule has 0 aromatic carbocycles. The zero-order valence-electron chi connectivity index (χ0n) is 8.77. The van der Waals surface area contributed by atoms with Gasteiger partial charge in [-0.05, 0) is 6.92 Å². The van der Waals surface area contributed by atoms with Gasteiger partial charge in [0, 0.05) is 7.05 Å². The van der Waals surface area contributed by atoms with E-state index in [1.54, 1.807) is 6.92 Å². The quantitative estimate of drug-likeness (QED) is 0.725. The molecule has 0 saturated heterocycles. The zero-order valence-corrected chi connectivity index (χ0v) is 9.58. The molecule has 0 radical (unpaired) electrons. The number of aryl methyl sites for hydroxylation is 1. The number of hydrogen-bond donors (Lipinski definition) is 1. The van der Waals surface area contributed by atoms with E-state index in [0.29, 0.717) is 11.6 Å². The molecule has 0 bridgehead atoms. The Bertz CT molecular complexity index is 437. The maximum atomic E-state index is 11.5. The maximum Gasteiger partial charge on any atom is 0.217 e. The Morgan fingerprint density at radius 2 is 2.27 bits per heavy atom. The molecule has 0 fully saturated rings. The van der Waals surface area contributed by atoms with E-state index in [0.717, 1.165) is 0 Å². The highest BCUT2D eigenvalue weighted by Gasteiger charge is 2.17. The molecular formula is C8H14N4O2S. The van der Waals surface area contributed by atoms with E-state index in [4.69, 9.17) is 0 Å². The van der Waals surface area contributed by atoms with Crippen LogP contribution in [0.1, 0.15) is 11.6 Å². The summed E-state index contributed by atoms with van der Waals surface area (Å²) in [5.41, 5.74) is 0. The number of sulfonamides is 1. The fourth-order valence-electron chi connectivity index (χ4n) is 1.03. The molecule has 0 aliphatic carbocycles. The molecule has 84 valence electrons. The Morgan fingerprint density at radius 1 is 1.60 bits per heavy atom. The van der Waals surface area contributed by atoms with E-state index in [2.05, 4.69) is 21.8 Å². The lowest BCUT2D eigenvalue weighted by molar-refractivity contribution is 0.459. The monoisotopic (exact) mass is 230 g/mol. The fourth-order valence-corrected chi connectivity index (χ4v) is 1.90. The minimum atomic E-state index is -3.28. The largest absolute Gasteiger partial charge is 0.263 e. The van der Waals surface area contributed by atoms with Gasteiger partial charge in [-0.2, -0.15) is 9.40 Å². The van der Waals surface area contributed by atoms with Gasteiger partial charge in [-0.1, -0.05) is 6.08 Å². The van der Waals surface area contributed by atoms with Crippen molar-refractivity contribution in [1.29, 1.82) is 0 Å². The molecule has 1 aromatic heterocycles. The molecule has 0 aliphatic heterocycles. The molecule has 1 rings (SSSR count). The van der Waals surface area contributed by atoms with E-state index >= 15 is 0 Å². The second-order valence-corrected chi connectivity index (χ2v) is 5.28. The number of hydrogen-bond acceptors (Lipinski definition) is 4. The Hall–Kier alpha value is -1.21. The first-order chi connectivity index (χ1) is 6.95. The minimum absolute atomic E-state index is 0.0765. The van der Waals surface area contributed by atoms with Crippen molar-refractivity contribution < 1.29 is 8.42 Å². The third kappa shape index (κ3) is 3.14. The highest BCUT2D eigenvalue weighted by atomic mass is 32.2. The molecule has 15 heavy (non-hydrogen) atoms. The van der Waals surface area contributed by atoms with E-state index < -0.39 is 10.0 Å². The first kappa shape index (κ1) is 11.9.